The Morgan fingerprint density at radius 1 is 1.32 bits per heavy atom. The number of carbonyl (C=O) groups is 1. The number of halogens is 1. The zero-order valence-corrected chi connectivity index (χ0v) is 14.2. The van der Waals surface area contributed by atoms with E-state index in [0.29, 0.717) is 17.2 Å². The zero-order valence-electron chi connectivity index (χ0n) is 14.2. The summed E-state index contributed by atoms with van der Waals surface area (Å²) in [6, 6.07) is 5.80. The van der Waals surface area contributed by atoms with E-state index in [-0.39, 0.29) is 12.4 Å². The Hall–Kier alpha value is -3.03. The number of nitrogens with one attached hydrogen (secondary N) is 1. The molecule has 130 valence electrons. The molecule has 0 fully saturated rings. The molecule has 25 heavy (non-hydrogen) atoms. The van der Waals surface area contributed by atoms with Crippen LogP contribution >= 0.6 is 0 Å². The molecule has 1 aromatic carbocycles. The van der Waals surface area contributed by atoms with Crippen molar-refractivity contribution >= 4 is 17.6 Å². The van der Waals surface area contributed by atoms with Crippen LogP contribution in [0.4, 0.5) is 10.2 Å². The second-order valence-corrected chi connectivity index (χ2v) is 5.65. The molecular formula is C17H18FN5O2. The van der Waals surface area contributed by atoms with Gasteiger partial charge in [-0.2, -0.15) is 14.6 Å². The van der Waals surface area contributed by atoms with E-state index >= 15 is 0 Å². The minimum atomic E-state index is -0.586. The molecule has 0 aliphatic heterocycles. The van der Waals surface area contributed by atoms with Gasteiger partial charge in [0.15, 0.2) is 0 Å². The normalized spacial score (nSPS) is 12.2. The van der Waals surface area contributed by atoms with Crippen LogP contribution in [0.3, 0.4) is 0 Å². The SMILES string of the molecule is COC(=O)C(CNc1c(C)c(C)nc2ncnn12)c1ccc(F)cc1. The van der Waals surface area contributed by atoms with Gasteiger partial charge in [-0.1, -0.05) is 12.1 Å². The first-order valence-corrected chi connectivity index (χ1v) is 7.75. The van der Waals surface area contributed by atoms with E-state index in [0.717, 1.165) is 11.3 Å². The van der Waals surface area contributed by atoms with Gasteiger partial charge < -0.3 is 10.1 Å². The third kappa shape index (κ3) is 3.28. The number of aromatic nitrogens is 4. The molecule has 1 unspecified atom stereocenters. The molecule has 0 bridgehead atoms. The quantitative estimate of drug-likeness (QED) is 0.716. The number of ether oxygens (including phenoxy) is 1. The lowest BCUT2D eigenvalue weighted by molar-refractivity contribution is -0.142. The Morgan fingerprint density at radius 2 is 2.04 bits per heavy atom. The van der Waals surface area contributed by atoms with Crippen molar-refractivity contribution in [2.75, 3.05) is 19.0 Å². The van der Waals surface area contributed by atoms with Crippen LogP contribution in [0.5, 0.6) is 0 Å². The van der Waals surface area contributed by atoms with Crippen molar-refractivity contribution in [2.24, 2.45) is 0 Å². The van der Waals surface area contributed by atoms with Gasteiger partial charge in [0, 0.05) is 17.8 Å². The zero-order chi connectivity index (χ0) is 18.0. The average Bonchev–Trinajstić information content (AvgIpc) is 3.07. The molecule has 0 aliphatic rings. The lowest BCUT2D eigenvalue weighted by Gasteiger charge is -2.18. The second kappa shape index (κ2) is 6.84. The Morgan fingerprint density at radius 3 is 2.72 bits per heavy atom. The van der Waals surface area contributed by atoms with E-state index in [9.17, 15) is 9.18 Å². The number of hydrogen-bond donors (Lipinski definition) is 1. The van der Waals surface area contributed by atoms with Crippen LogP contribution in [0.25, 0.3) is 5.78 Å². The number of aryl methyl sites for hydroxylation is 1. The van der Waals surface area contributed by atoms with E-state index in [4.69, 9.17) is 4.74 Å². The first kappa shape index (κ1) is 16.8. The molecule has 2 heterocycles. The maximum Gasteiger partial charge on any atom is 0.314 e. The summed E-state index contributed by atoms with van der Waals surface area (Å²) in [7, 11) is 1.33. The van der Waals surface area contributed by atoms with Crippen LogP contribution in [-0.4, -0.2) is 39.2 Å². The molecule has 1 atom stereocenters. The molecule has 0 spiro atoms. The smallest absolute Gasteiger partial charge is 0.314 e. The summed E-state index contributed by atoms with van der Waals surface area (Å²) in [5.41, 5.74) is 2.39. The van der Waals surface area contributed by atoms with Gasteiger partial charge >= 0.3 is 5.97 Å². The predicted octanol–water partition coefficient (Wildman–Crippen LogP) is 2.25. The molecule has 3 aromatic rings. The molecule has 3 rings (SSSR count). The number of rotatable bonds is 5. The van der Waals surface area contributed by atoms with Crippen LogP contribution in [0.15, 0.2) is 30.6 Å². The van der Waals surface area contributed by atoms with Crippen LogP contribution < -0.4 is 5.32 Å². The molecule has 7 nitrogen and oxygen atoms in total. The standard InChI is InChI=1S/C17H18FN5O2/c1-10-11(2)22-17-20-9-21-23(17)15(10)19-8-14(16(24)25-3)12-4-6-13(18)7-5-12/h4-7,9,14,19H,8H2,1-3H3. The number of fused-ring (bicyclic) bond motifs is 1. The molecule has 0 saturated heterocycles. The highest BCUT2D eigenvalue weighted by Crippen LogP contribution is 2.22. The predicted molar refractivity (Wildman–Crippen MR) is 89.9 cm³/mol. The summed E-state index contributed by atoms with van der Waals surface area (Å²) >= 11 is 0. The van der Waals surface area contributed by atoms with Crippen molar-refractivity contribution < 1.29 is 13.9 Å². The van der Waals surface area contributed by atoms with Gasteiger partial charge in [0.05, 0.1) is 13.0 Å². The number of hydrogen-bond acceptors (Lipinski definition) is 6. The van der Waals surface area contributed by atoms with E-state index in [1.165, 1.54) is 25.6 Å². The van der Waals surface area contributed by atoms with E-state index in [1.54, 1.807) is 16.6 Å². The minimum absolute atomic E-state index is 0.261. The van der Waals surface area contributed by atoms with E-state index < -0.39 is 11.9 Å². The fourth-order valence-corrected chi connectivity index (χ4v) is 2.61. The molecule has 0 amide bonds. The molecule has 8 heteroatoms. The van der Waals surface area contributed by atoms with E-state index in [2.05, 4.69) is 20.4 Å². The second-order valence-electron chi connectivity index (χ2n) is 5.65. The minimum Gasteiger partial charge on any atom is -0.468 e. The van der Waals surface area contributed by atoms with Crippen molar-refractivity contribution in [1.29, 1.82) is 0 Å². The number of benzene rings is 1. The molecule has 0 radical (unpaired) electrons. The Kier molecular flexibility index (Phi) is 4.60. The summed E-state index contributed by atoms with van der Waals surface area (Å²) in [4.78, 5) is 20.6. The van der Waals surface area contributed by atoms with Gasteiger partial charge in [0.1, 0.15) is 18.0 Å². The topological polar surface area (TPSA) is 81.4 Å². The summed E-state index contributed by atoms with van der Waals surface area (Å²) in [6.45, 7) is 4.06. The molecular weight excluding hydrogens is 325 g/mol. The summed E-state index contributed by atoms with van der Waals surface area (Å²) in [5.74, 6) is -0.169. The molecule has 1 N–H and O–H groups in total. The van der Waals surface area contributed by atoms with Crippen LogP contribution in [-0.2, 0) is 9.53 Å². The Bertz CT molecular complexity index is 907. The number of anilines is 1. The Labute approximate surface area is 143 Å². The highest BCUT2D eigenvalue weighted by atomic mass is 19.1. The van der Waals surface area contributed by atoms with Gasteiger partial charge in [0.25, 0.3) is 5.78 Å². The number of carbonyl (C=O) groups excluding carboxylic acids is 1. The third-order valence-corrected chi connectivity index (χ3v) is 4.14. The number of esters is 1. The van der Waals surface area contributed by atoms with Gasteiger partial charge in [-0.05, 0) is 31.5 Å². The fraction of sp³-hybridized carbons (Fsp3) is 0.294. The first-order chi connectivity index (χ1) is 12.0. The molecule has 0 aliphatic carbocycles. The van der Waals surface area contributed by atoms with Crippen LogP contribution in [0.1, 0.15) is 22.7 Å². The van der Waals surface area contributed by atoms with Gasteiger partial charge in [-0.3, -0.25) is 4.79 Å². The third-order valence-electron chi connectivity index (χ3n) is 4.14. The van der Waals surface area contributed by atoms with Crippen molar-refractivity contribution in [3.8, 4) is 0 Å². The maximum absolute atomic E-state index is 13.2. The lowest BCUT2D eigenvalue weighted by atomic mass is 9.99. The van der Waals surface area contributed by atoms with Gasteiger partial charge in [-0.15, -0.1) is 0 Å². The summed E-state index contributed by atoms with van der Waals surface area (Å²) < 4.78 is 19.6. The molecule has 2 aromatic heterocycles. The van der Waals surface area contributed by atoms with Gasteiger partial charge in [-0.25, -0.2) is 9.37 Å². The Balaban J connectivity index is 1.91. The highest BCUT2D eigenvalue weighted by molar-refractivity contribution is 5.79. The summed E-state index contributed by atoms with van der Waals surface area (Å²) in [5, 5.41) is 7.40. The highest BCUT2D eigenvalue weighted by Gasteiger charge is 2.22. The first-order valence-electron chi connectivity index (χ1n) is 7.75. The van der Waals surface area contributed by atoms with Crippen molar-refractivity contribution in [1.82, 2.24) is 19.6 Å². The lowest BCUT2D eigenvalue weighted by Crippen LogP contribution is -2.24. The number of methoxy groups -OCH3 is 1. The number of nitrogens with zero attached hydrogens (tertiary/aromatic N) is 4. The van der Waals surface area contributed by atoms with Crippen LogP contribution in [0, 0.1) is 19.7 Å². The summed E-state index contributed by atoms with van der Waals surface area (Å²) in [6.07, 6.45) is 1.42. The average molecular weight is 343 g/mol. The van der Waals surface area contributed by atoms with Crippen molar-refractivity contribution in [2.45, 2.75) is 19.8 Å². The monoisotopic (exact) mass is 343 g/mol. The van der Waals surface area contributed by atoms with Crippen molar-refractivity contribution in [3.63, 3.8) is 0 Å². The van der Waals surface area contributed by atoms with Crippen LogP contribution in [0.2, 0.25) is 0 Å². The van der Waals surface area contributed by atoms with Gasteiger partial charge in [0.2, 0.25) is 0 Å². The van der Waals surface area contributed by atoms with Crippen molar-refractivity contribution in [3.05, 3.63) is 53.2 Å². The van der Waals surface area contributed by atoms with E-state index in [1.807, 2.05) is 13.8 Å². The molecule has 0 saturated carbocycles. The fourth-order valence-electron chi connectivity index (χ4n) is 2.61. The largest absolute Gasteiger partial charge is 0.468 e. The maximum atomic E-state index is 13.2.